The summed E-state index contributed by atoms with van der Waals surface area (Å²) >= 11 is 0. The van der Waals surface area contributed by atoms with Crippen LogP contribution in [0.4, 0.5) is 0 Å². The van der Waals surface area contributed by atoms with Crippen LogP contribution in [0.2, 0.25) is 0 Å². The molecule has 0 radical (unpaired) electrons. The Morgan fingerprint density at radius 1 is 1.06 bits per heavy atom. The summed E-state index contributed by atoms with van der Waals surface area (Å²) in [4.78, 5) is 23.0. The van der Waals surface area contributed by atoms with E-state index >= 15 is 0 Å². The van der Waals surface area contributed by atoms with E-state index in [-0.39, 0.29) is 11.8 Å². The monoisotopic (exact) mass is 225 g/mol. The van der Waals surface area contributed by atoms with Crippen LogP contribution in [0.25, 0.3) is 0 Å². The van der Waals surface area contributed by atoms with Crippen molar-refractivity contribution in [2.24, 2.45) is 5.92 Å². The Labute approximate surface area is 95.4 Å². The minimum atomic E-state index is -0.936. The first-order chi connectivity index (χ1) is 7.64. The molecule has 0 spiro atoms. The third-order valence-electron chi connectivity index (χ3n) is 3.95. The number of hydrogen-bond acceptors (Lipinski definition) is 2. The van der Waals surface area contributed by atoms with E-state index in [1.165, 1.54) is 6.42 Å². The van der Waals surface area contributed by atoms with E-state index in [1.54, 1.807) is 0 Å². The van der Waals surface area contributed by atoms with E-state index in [2.05, 4.69) is 5.32 Å². The van der Waals surface area contributed by atoms with E-state index in [4.69, 9.17) is 5.11 Å². The predicted octanol–water partition coefficient (Wildman–Crippen LogP) is 1.69. The zero-order valence-electron chi connectivity index (χ0n) is 9.50. The van der Waals surface area contributed by atoms with Crippen LogP contribution in [-0.2, 0) is 9.59 Å². The number of rotatable bonds is 3. The zero-order chi connectivity index (χ0) is 11.6. The molecule has 2 rings (SSSR count). The summed E-state index contributed by atoms with van der Waals surface area (Å²) in [6.07, 6.45) is 7.30. The van der Waals surface area contributed by atoms with Crippen molar-refractivity contribution in [3.05, 3.63) is 0 Å². The van der Waals surface area contributed by atoms with Crippen molar-refractivity contribution in [3.63, 3.8) is 0 Å². The topological polar surface area (TPSA) is 66.4 Å². The SMILES string of the molecule is O=C(NC1(C(=O)O)CCC1)C1CCCCC1. The first-order valence-electron chi connectivity index (χ1n) is 6.19. The summed E-state index contributed by atoms with van der Waals surface area (Å²) in [5.41, 5.74) is -0.936. The van der Waals surface area contributed by atoms with Crippen LogP contribution in [0.5, 0.6) is 0 Å². The molecule has 2 fully saturated rings. The Morgan fingerprint density at radius 2 is 1.69 bits per heavy atom. The second kappa shape index (κ2) is 4.44. The van der Waals surface area contributed by atoms with Crippen LogP contribution in [0.1, 0.15) is 51.4 Å². The normalized spacial score (nSPS) is 24.5. The van der Waals surface area contributed by atoms with Gasteiger partial charge in [-0.05, 0) is 32.1 Å². The molecule has 0 atom stereocenters. The standard InChI is InChI=1S/C12H19NO3/c14-10(9-5-2-1-3-6-9)13-12(11(15)16)7-4-8-12/h9H,1-8H2,(H,13,14)(H,15,16). The second-order valence-corrected chi connectivity index (χ2v) is 5.06. The largest absolute Gasteiger partial charge is 0.480 e. The van der Waals surface area contributed by atoms with Gasteiger partial charge in [0.2, 0.25) is 5.91 Å². The van der Waals surface area contributed by atoms with Crippen molar-refractivity contribution in [1.29, 1.82) is 0 Å². The van der Waals surface area contributed by atoms with Crippen LogP contribution in [-0.4, -0.2) is 22.5 Å². The molecule has 2 N–H and O–H groups in total. The number of carbonyl (C=O) groups is 2. The quantitative estimate of drug-likeness (QED) is 0.768. The molecule has 2 aliphatic rings. The predicted molar refractivity (Wildman–Crippen MR) is 58.9 cm³/mol. The summed E-state index contributed by atoms with van der Waals surface area (Å²) in [5, 5.41) is 11.9. The van der Waals surface area contributed by atoms with Gasteiger partial charge >= 0.3 is 5.97 Å². The fourth-order valence-electron chi connectivity index (χ4n) is 2.63. The molecule has 0 aromatic heterocycles. The lowest BCUT2D eigenvalue weighted by molar-refractivity contribution is -0.152. The maximum absolute atomic E-state index is 11.9. The van der Waals surface area contributed by atoms with Crippen LogP contribution in [0.3, 0.4) is 0 Å². The Hall–Kier alpha value is -1.06. The molecule has 2 saturated carbocycles. The molecule has 0 aromatic carbocycles. The number of nitrogens with one attached hydrogen (secondary N) is 1. The second-order valence-electron chi connectivity index (χ2n) is 5.06. The molecule has 0 aliphatic heterocycles. The summed E-state index contributed by atoms with van der Waals surface area (Å²) in [5.74, 6) is -0.865. The van der Waals surface area contributed by atoms with Crippen molar-refractivity contribution >= 4 is 11.9 Å². The average Bonchev–Trinajstić information content (AvgIpc) is 2.24. The molecule has 0 heterocycles. The number of carboxylic acids is 1. The van der Waals surface area contributed by atoms with Gasteiger partial charge in [-0.3, -0.25) is 4.79 Å². The smallest absolute Gasteiger partial charge is 0.329 e. The van der Waals surface area contributed by atoms with Gasteiger partial charge in [0.25, 0.3) is 0 Å². The molecular weight excluding hydrogens is 206 g/mol. The summed E-state index contributed by atoms with van der Waals surface area (Å²) in [6.45, 7) is 0. The van der Waals surface area contributed by atoms with Crippen molar-refractivity contribution in [2.45, 2.75) is 56.9 Å². The molecule has 90 valence electrons. The maximum Gasteiger partial charge on any atom is 0.329 e. The molecule has 0 unspecified atom stereocenters. The van der Waals surface area contributed by atoms with E-state index in [0.29, 0.717) is 12.8 Å². The molecule has 4 nitrogen and oxygen atoms in total. The number of hydrogen-bond donors (Lipinski definition) is 2. The minimum Gasteiger partial charge on any atom is -0.480 e. The van der Waals surface area contributed by atoms with Crippen molar-refractivity contribution in [3.8, 4) is 0 Å². The van der Waals surface area contributed by atoms with E-state index in [9.17, 15) is 9.59 Å². The lowest BCUT2D eigenvalue weighted by atomic mass is 9.76. The lowest BCUT2D eigenvalue weighted by Crippen LogP contribution is -2.60. The first-order valence-corrected chi connectivity index (χ1v) is 6.19. The minimum absolute atomic E-state index is 0.0400. The van der Waals surface area contributed by atoms with Gasteiger partial charge < -0.3 is 10.4 Å². The van der Waals surface area contributed by atoms with Gasteiger partial charge in [0.15, 0.2) is 0 Å². The highest BCUT2D eigenvalue weighted by Crippen LogP contribution is 2.33. The third-order valence-corrected chi connectivity index (χ3v) is 3.95. The number of carboxylic acid groups (broad SMARTS) is 1. The average molecular weight is 225 g/mol. The Bertz CT molecular complexity index is 291. The fourth-order valence-corrected chi connectivity index (χ4v) is 2.63. The molecule has 16 heavy (non-hydrogen) atoms. The first kappa shape index (κ1) is 11.4. The lowest BCUT2D eigenvalue weighted by Gasteiger charge is -2.39. The van der Waals surface area contributed by atoms with Crippen molar-refractivity contribution in [1.82, 2.24) is 5.32 Å². The molecule has 0 aromatic rings. The Kier molecular flexibility index (Phi) is 3.17. The molecule has 1 amide bonds. The zero-order valence-corrected chi connectivity index (χ0v) is 9.50. The van der Waals surface area contributed by atoms with Gasteiger partial charge in [0.05, 0.1) is 0 Å². The highest BCUT2D eigenvalue weighted by atomic mass is 16.4. The molecular formula is C12H19NO3. The molecule has 0 saturated heterocycles. The van der Waals surface area contributed by atoms with Crippen LogP contribution in [0, 0.1) is 5.92 Å². The molecule has 4 heteroatoms. The van der Waals surface area contributed by atoms with Gasteiger partial charge in [-0.2, -0.15) is 0 Å². The van der Waals surface area contributed by atoms with Crippen LogP contribution >= 0.6 is 0 Å². The summed E-state index contributed by atoms with van der Waals surface area (Å²) in [6, 6.07) is 0. The van der Waals surface area contributed by atoms with Crippen molar-refractivity contribution in [2.75, 3.05) is 0 Å². The highest BCUT2D eigenvalue weighted by molar-refractivity contribution is 5.88. The molecule has 2 aliphatic carbocycles. The van der Waals surface area contributed by atoms with Crippen LogP contribution in [0.15, 0.2) is 0 Å². The van der Waals surface area contributed by atoms with E-state index in [1.807, 2.05) is 0 Å². The van der Waals surface area contributed by atoms with Crippen molar-refractivity contribution < 1.29 is 14.7 Å². The van der Waals surface area contributed by atoms with Crippen LogP contribution < -0.4 is 5.32 Å². The summed E-state index contributed by atoms with van der Waals surface area (Å²) < 4.78 is 0. The van der Waals surface area contributed by atoms with Gasteiger partial charge in [0, 0.05) is 5.92 Å². The third kappa shape index (κ3) is 2.06. The van der Waals surface area contributed by atoms with Gasteiger partial charge in [0.1, 0.15) is 5.54 Å². The number of carbonyl (C=O) groups excluding carboxylic acids is 1. The maximum atomic E-state index is 11.9. The van der Waals surface area contributed by atoms with E-state index < -0.39 is 11.5 Å². The highest BCUT2D eigenvalue weighted by Gasteiger charge is 2.46. The van der Waals surface area contributed by atoms with Gasteiger partial charge in [-0.1, -0.05) is 19.3 Å². The fraction of sp³-hybridized carbons (Fsp3) is 0.833. The number of aliphatic carboxylic acids is 1. The molecule has 0 bridgehead atoms. The number of amides is 1. The Morgan fingerprint density at radius 3 is 2.12 bits per heavy atom. The van der Waals surface area contributed by atoms with E-state index in [0.717, 1.165) is 32.1 Å². The van der Waals surface area contributed by atoms with Gasteiger partial charge in [-0.15, -0.1) is 0 Å². The van der Waals surface area contributed by atoms with Gasteiger partial charge in [-0.25, -0.2) is 4.79 Å². The summed E-state index contributed by atoms with van der Waals surface area (Å²) in [7, 11) is 0. The Balaban J connectivity index is 1.92.